The second-order valence-electron chi connectivity index (χ2n) is 7.66. The van der Waals surface area contributed by atoms with Crippen LogP contribution in [0.15, 0.2) is 24.3 Å². The minimum atomic E-state index is -0.0124. The van der Waals surface area contributed by atoms with Crippen molar-refractivity contribution < 1.29 is 14.3 Å². The summed E-state index contributed by atoms with van der Waals surface area (Å²) in [6.45, 7) is 2.52. The molecule has 5 nitrogen and oxygen atoms in total. The number of ketones is 1. The van der Waals surface area contributed by atoms with E-state index in [-0.39, 0.29) is 36.6 Å². The van der Waals surface area contributed by atoms with Crippen molar-refractivity contribution in [2.75, 3.05) is 6.61 Å². The minimum Gasteiger partial charge on any atom is -0.494 e. The molecule has 2 unspecified atom stereocenters. The molecule has 2 aliphatic rings. The van der Waals surface area contributed by atoms with Crippen LogP contribution in [0.5, 0.6) is 5.75 Å². The molecular weight excluding hydrogens is 328 g/mol. The largest absolute Gasteiger partial charge is 0.494 e. The van der Waals surface area contributed by atoms with Gasteiger partial charge in [-0.2, -0.15) is 0 Å². The number of nitrogens with one attached hydrogen (secondary N) is 1. The number of benzene rings is 1. The zero-order valence-electron chi connectivity index (χ0n) is 15.6. The van der Waals surface area contributed by atoms with Crippen LogP contribution in [-0.2, 0) is 4.79 Å². The Labute approximate surface area is 155 Å². The summed E-state index contributed by atoms with van der Waals surface area (Å²) >= 11 is 0. The van der Waals surface area contributed by atoms with E-state index >= 15 is 0 Å². The van der Waals surface area contributed by atoms with Crippen molar-refractivity contribution in [2.24, 2.45) is 17.6 Å². The number of ether oxygens (including phenoxy) is 1. The Balaban J connectivity index is 1.48. The lowest BCUT2D eigenvalue weighted by Crippen LogP contribution is -2.53. The van der Waals surface area contributed by atoms with Crippen LogP contribution in [0.3, 0.4) is 0 Å². The Morgan fingerprint density at radius 2 is 1.77 bits per heavy atom. The van der Waals surface area contributed by atoms with E-state index in [0.717, 1.165) is 31.4 Å². The highest BCUT2D eigenvalue weighted by Crippen LogP contribution is 2.39. The van der Waals surface area contributed by atoms with Gasteiger partial charge in [-0.05, 0) is 68.7 Å². The number of rotatable bonds is 7. The number of hydrogen-bond donors (Lipinski definition) is 2. The fourth-order valence-corrected chi connectivity index (χ4v) is 4.56. The summed E-state index contributed by atoms with van der Waals surface area (Å²) in [6.07, 6.45) is 6.04. The number of fused-ring (bicyclic) bond motifs is 2. The molecular formula is C21H30N2O3. The van der Waals surface area contributed by atoms with Crippen molar-refractivity contribution in [1.29, 1.82) is 0 Å². The average Bonchev–Trinajstić information content (AvgIpc) is 2.61. The van der Waals surface area contributed by atoms with Gasteiger partial charge in [0.05, 0.1) is 6.61 Å². The molecule has 2 atom stereocenters. The molecule has 1 amide bonds. The van der Waals surface area contributed by atoms with Gasteiger partial charge in [0.15, 0.2) is 5.78 Å². The SMILES string of the molecule is CCOc1ccc(C(=O)CCC(=O)NC2C3CCCC2CC(N)C3)cc1. The maximum Gasteiger partial charge on any atom is 0.220 e. The molecule has 142 valence electrons. The van der Waals surface area contributed by atoms with Crippen molar-refractivity contribution in [3.8, 4) is 5.75 Å². The highest BCUT2D eigenvalue weighted by Gasteiger charge is 2.39. The summed E-state index contributed by atoms with van der Waals surface area (Å²) in [4.78, 5) is 24.7. The van der Waals surface area contributed by atoms with E-state index in [9.17, 15) is 9.59 Å². The zero-order valence-corrected chi connectivity index (χ0v) is 15.6. The first-order valence-electron chi connectivity index (χ1n) is 9.87. The Morgan fingerprint density at radius 3 is 2.38 bits per heavy atom. The van der Waals surface area contributed by atoms with Gasteiger partial charge in [-0.3, -0.25) is 9.59 Å². The van der Waals surface area contributed by atoms with Crippen molar-refractivity contribution in [1.82, 2.24) is 5.32 Å². The summed E-state index contributed by atoms with van der Waals surface area (Å²) in [5.41, 5.74) is 6.77. The normalized spacial score (nSPS) is 27.6. The molecule has 2 saturated carbocycles. The second kappa shape index (κ2) is 8.67. The third-order valence-corrected chi connectivity index (χ3v) is 5.77. The predicted molar refractivity (Wildman–Crippen MR) is 101 cm³/mol. The standard InChI is InChI=1S/C21H30N2O3/c1-2-26-18-8-6-14(7-9-18)19(24)10-11-20(25)23-21-15-4-3-5-16(21)13-17(22)12-15/h6-9,15-17,21H,2-5,10-13,22H2,1H3,(H,23,25). The van der Waals surface area contributed by atoms with E-state index in [1.54, 1.807) is 24.3 Å². The number of hydrogen-bond acceptors (Lipinski definition) is 4. The lowest BCUT2D eigenvalue weighted by atomic mass is 9.67. The molecule has 0 spiro atoms. The Bertz CT molecular complexity index is 615. The van der Waals surface area contributed by atoms with Gasteiger partial charge in [0.1, 0.15) is 5.75 Å². The first-order chi connectivity index (χ1) is 12.6. The smallest absolute Gasteiger partial charge is 0.220 e. The van der Waals surface area contributed by atoms with Crippen molar-refractivity contribution in [3.63, 3.8) is 0 Å². The van der Waals surface area contributed by atoms with E-state index < -0.39 is 0 Å². The minimum absolute atomic E-state index is 0.00550. The van der Waals surface area contributed by atoms with Crippen molar-refractivity contribution >= 4 is 11.7 Å². The van der Waals surface area contributed by atoms with Gasteiger partial charge < -0.3 is 15.8 Å². The molecule has 3 rings (SSSR count). The number of Topliss-reactive ketones (excluding diaryl/α,β-unsaturated/α-hetero) is 1. The predicted octanol–water partition coefficient (Wildman–Crippen LogP) is 3.07. The van der Waals surface area contributed by atoms with Crippen molar-refractivity contribution in [3.05, 3.63) is 29.8 Å². The Hall–Kier alpha value is -1.88. The molecule has 2 fully saturated rings. The summed E-state index contributed by atoms with van der Waals surface area (Å²) in [5.74, 6) is 1.74. The van der Waals surface area contributed by atoms with E-state index in [0.29, 0.717) is 24.0 Å². The zero-order chi connectivity index (χ0) is 18.5. The molecule has 5 heteroatoms. The molecule has 0 heterocycles. The first kappa shape index (κ1) is 18.9. The number of carbonyl (C=O) groups excluding carboxylic acids is 2. The molecule has 3 N–H and O–H groups in total. The molecule has 2 aliphatic carbocycles. The van der Waals surface area contributed by atoms with Gasteiger partial charge in [-0.1, -0.05) is 6.42 Å². The molecule has 0 aliphatic heterocycles. The van der Waals surface area contributed by atoms with E-state index in [1.807, 2.05) is 6.92 Å². The molecule has 26 heavy (non-hydrogen) atoms. The van der Waals surface area contributed by atoms with Crippen molar-refractivity contribution in [2.45, 2.75) is 64.0 Å². The fourth-order valence-electron chi connectivity index (χ4n) is 4.56. The second-order valence-corrected chi connectivity index (χ2v) is 7.66. The quantitative estimate of drug-likeness (QED) is 0.734. The maximum absolute atomic E-state index is 12.4. The highest BCUT2D eigenvalue weighted by atomic mass is 16.5. The molecule has 2 bridgehead atoms. The Morgan fingerprint density at radius 1 is 1.12 bits per heavy atom. The van der Waals surface area contributed by atoms with Crippen LogP contribution in [0.25, 0.3) is 0 Å². The lowest BCUT2D eigenvalue weighted by molar-refractivity contribution is -0.123. The number of amides is 1. The molecule has 0 saturated heterocycles. The molecule has 0 radical (unpaired) electrons. The van der Waals surface area contributed by atoms with Crippen LogP contribution in [-0.4, -0.2) is 30.4 Å². The lowest BCUT2D eigenvalue weighted by Gasteiger charge is -2.45. The van der Waals surface area contributed by atoms with Gasteiger partial charge in [-0.25, -0.2) is 0 Å². The van der Waals surface area contributed by atoms with Gasteiger partial charge in [0.25, 0.3) is 0 Å². The fraction of sp³-hybridized carbons (Fsp3) is 0.619. The van der Waals surface area contributed by atoms with Crippen LogP contribution >= 0.6 is 0 Å². The first-order valence-corrected chi connectivity index (χ1v) is 9.87. The average molecular weight is 358 g/mol. The topological polar surface area (TPSA) is 81.4 Å². The number of nitrogens with two attached hydrogens (primary N) is 1. The summed E-state index contributed by atoms with van der Waals surface area (Å²) in [6, 6.07) is 7.64. The van der Waals surface area contributed by atoms with E-state index in [1.165, 1.54) is 6.42 Å². The monoisotopic (exact) mass is 358 g/mol. The number of carbonyl (C=O) groups is 2. The van der Waals surface area contributed by atoms with Gasteiger partial charge in [0, 0.05) is 30.5 Å². The maximum atomic E-state index is 12.4. The van der Waals surface area contributed by atoms with Crippen LogP contribution in [0, 0.1) is 11.8 Å². The molecule has 1 aromatic carbocycles. The third-order valence-electron chi connectivity index (χ3n) is 5.77. The highest BCUT2D eigenvalue weighted by molar-refractivity contribution is 5.98. The summed E-state index contributed by atoms with van der Waals surface area (Å²) < 4.78 is 5.38. The Kier molecular flexibility index (Phi) is 6.30. The summed E-state index contributed by atoms with van der Waals surface area (Å²) in [7, 11) is 0. The van der Waals surface area contributed by atoms with Gasteiger partial charge >= 0.3 is 0 Å². The molecule has 0 aromatic heterocycles. The summed E-state index contributed by atoms with van der Waals surface area (Å²) in [5, 5.41) is 3.21. The van der Waals surface area contributed by atoms with Crippen LogP contribution in [0.1, 0.15) is 62.2 Å². The van der Waals surface area contributed by atoms with E-state index in [2.05, 4.69) is 5.32 Å². The van der Waals surface area contributed by atoms with Gasteiger partial charge in [0.2, 0.25) is 5.91 Å². The van der Waals surface area contributed by atoms with Crippen LogP contribution in [0.2, 0.25) is 0 Å². The van der Waals surface area contributed by atoms with E-state index in [4.69, 9.17) is 10.5 Å². The van der Waals surface area contributed by atoms with Crippen LogP contribution in [0.4, 0.5) is 0 Å². The molecule has 1 aromatic rings. The third kappa shape index (κ3) is 4.64. The van der Waals surface area contributed by atoms with Crippen LogP contribution < -0.4 is 15.8 Å². The van der Waals surface area contributed by atoms with Gasteiger partial charge in [-0.15, -0.1) is 0 Å².